The number of halogens is 2. The molecule has 0 saturated heterocycles. The lowest BCUT2D eigenvalue weighted by atomic mass is 10.1. The van der Waals surface area contributed by atoms with E-state index in [-0.39, 0.29) is 21.5 Å². The number of esters is 1. The molecule has 3 aromatic rings. The standard InChI is InChI=1S/C17H12Cl2N2O3/c1-9(24-17(23)10-6-13(18)16(19)21-7-10)15(22)12-8-20-14-5-3-2-4-11(12)14/h2-9,20H,1H3/t9-/m1/s1. The molecule has 0 aliphatic carbocycles. The van der Waals surface area contributed by atoms with E-state index in [2.05, 4.69) is 9.97 Å². The largest absolute Gasteiger partial charge is 0.451 e. The number of H-pyrrole nitrogens is 1. The van der Waals surface area contributed by atoms with Crippen LogP contribution in [0.5, 0.6) is 0 Å². The number of Topliss-reactive ketones (excluding diaryl/α,β-unsaturated/α-hetero) is 1. The highest BCUT2D eigenvalue weighted by molar-refractivity contribution is 6.41. The molecular weight excluding hydrogens is 351 g/mol. The van der Waals surface area contributed by atoms with Gasteiger partial charge >= 0.3 is 5.97 Å². The summed E-state index contributed by atoms with van der Waals surface area (Å²) in [6.45, 7) is 1.52. The smallest absolute Gasteiger partial charge is 0.340 e. The molecule has 0 bridgehead atoms. The van der Waals surface area contributed by atoms with E-state index in [0.29, 0.717) is 5.56 Å². The molecule has 0 amide bonds. The first-order valence-electron chi connectivity index (χ1n) is 7.09. The van der Waals surface area contributed by atoms with E-state index in [1.54, 1.807) is 6.20 Å². The van der Waals surface area contributed by atoms with E-state index in [1.807, 2.05) is 24.3 Å². The lowest BCUT2D eigenvalue weighted by molar-refractivity contribution is 0.0319. The second kappa shape index (κ2) is 6.63. The number of hydrogen-bond donors (Lipinski definition) is 1. The van der Waals surface area contributed by atoms with Crippen molar-refractivity contribution in [1.82, 2.24) is 9.97 Å². The molecule has 5 nitrogen and oxygen atoms in total. The fraction of sp³-hybridized carbons (Fsp3) is 0.118. The number of nitrogens with zero attached hydrogens (tertiary/aromatic N) is 1. The van der Waals surface area contributed by atoms with Gasteiger partial charge in [0.25, 0.3) is 0 Å². The Morgan fingerprint density at radius 3 is 2.75 bits per heavy atom. The summed E-state index contributed by atoms with van der Waals surface area (Å²) < 4.78 is 5.22. The number of para-hydroxylation sites is 1. The summed E-state index contributed by atoms with van der Waals surface area (Å²) in [7, 11) is 0. The van der Waals surface area contributed by atoms with Crippen LogP contribution in [0.4, 0.5) is 0 Å². The lowest BCUT2D eigenvalue weighted by Gasteiger charge is -2.12. The van der Waals surface area contributed by atoms with E-state index in [9.17, 15) is 9.59 Å². The molecule has 0 aliphatic heterocycles. The maximum Gasteiger partial charge on any atom is 0.340 e. The van der Waals surface area contributed by atoms with Gasteiger partial charge in [-0.05, 0) is 19.1 Å². The minimum absolute atomic E-state index is 0.0936. The van der Waals surface area contributed by atoms with Crippen molar-refractivity contribution in [3.63, 3.8) is 0 Å². The molecule has 0 spiro atoms. The Bertz CT molecular complexity index is 936. The van der Waals surface area contributed by atoms with Gasteiger partial charge in [-0.2, -0.15) is 0 Å². The summed E-state index contributed by atoms with van der Waals surface area (Å²) >= 11 is 11.5. The van der Waals surface area contributed by atoms with Crippen molar-refractivity contribution in [2.75, 3.05) is 0 Å². The predicted molar refractivity (Wildman–Crippen MR) is 91.8 cm³/mol. The molecule has 1 atom stereocenters. The minimum Gasteiger partial charge on any atom is -0.451 e. The number of nitrogens with one attached hydrogen (secondary N) is 1. The number of benzene rings is 1. The number of carbonyl (C=O) groups is 2. The van der Waals surface area contributed by atoms with E-state index < -0.39 is 12.1 Å². The second-order valence-corrected chi connectivity index (χ2v) is 5.92. The van der Waals surface area contributed by atoms with E-state index in [0.717, 1.165) is 10.9 Å². The van der Waals surface area contributed by atoms with Gasteiger partial charge in [-0.15, -0.1) is 0 Å². The molecular formula is C17H12Cl2N2O3. The first kappa shape index (κ1) is 16.5. The molecule has 0 saturated carbocycles. The number of fused-ring (bicyclic) bond motifs is 1. The van der Waals surface area contributed by atoms with Crippen LogP contribution in [-0.4, -0.2) is 27.8 Å². The molecule has 1 N–H and O–H groups in total. The van der Waals surface area contributed by atoms with Crippen molar-refractivity contribution in [3.05, 3.63) is 64.0 Å². The van der Waals surface area contributed by atoms with Crippen LogP contribution in [0.25, 0.3) is 10.9 Å². The average molecular weight is 363 g/mol. The highest BCUT2D eigenvalue weighted by atomic mass is 35.5. The van der Waals surface area contributed by atoms with Crippen molar-refractivity contribution in [2.24, 2.45) is 0 Å². The van der Waals surface area contributed by atoms with Crippen molar-refractivity contribution >= 4 is 45.9 Å². The maximum atomic E-state index is 12.5. The van der Waals surface area contributed by atoms with Gasteiger partial charge in [0.1, 0.15) is 5.15 Å². The summed E-state index contributed by atoms with van der Waals surface area (Å²) in [4.78, 5) is 31.5. The number of carbonyl (C=O) groups excluding carboxylic acids is 2. The van der Waals surface area contributed by atoms with Gasteiger partial charge in [0.05, 0.1) is 10.6 Å². The van der Waals surface area contributed by atoms with E-state index >= 15 is 0 Å². The molecule has 7 heteroatoms. The SMILES string of the molecule is C[C@@H](OC(=O)c1cnc(Cl)c(Cl)c1)C(=O)c1c[nH]c2ccccc12. The van der Waals surface area contributed by atoms with E-state index in [1.165, 1.54) is 19.2 Å². The van der Waals surface area contributed by atoms with Crippen molar-refractivity contribution in [3.8, 4) is 0 Å². The molecule has 2 heterocycles. The van der Waals surface area contributed by atoms with Gasteiger partial charge in [-0.25, -0.2) is 9.78 Å². The predicted octanol–water partition coefficient (Wildman–Crippen LogP) is 4.30. The first-order valence-corrected chi connectivity index (χ1v) is 7.85. The zero-order valence-electron chi connectivity index (χ0n) is 12.5. The molecule has 1 aromatic carbocycles. The fourth-order valence-electron chi connectivity index (χ4n) is 2.31. The number of rotatable bonds is 4. The van der Waals surface area contributed by atoms with Crippen molar-refractivity contribution in [2.45, 2.75) is 13.0 Å². The van der Waals surface area contributed by atoms with E-state index in [4.69, 9.17) is 27.9 Å². The zero-order chi connectivity index (χ0) is 17.3. The van der Waals surface area contributed by atoms with Crippen LogP contribution >= 0.6 is 23.2 Å². The molecule has 3 rings (SSSR count). The summed E-state index contributed by atoms with van der Waals surface area (Å²) in [5.41, 5.74) is 1.44. The van der Waals surface area contributed by atoms with Gasteiger partial charge in [0, 0.05) is 28.9 Å². The lowest BCUT2D eigenvalue weighted by Crippen LogP contribution is -2.24. The molecule has 0 fully saturated rings. The number of ketones is 1. The molecule has 0 unspecified atom stereocenters. The topological polar surface area (TPSA) is 72.0 Å². The Morgan fingerprint density at radius 2 is 2.00 bits per heavy atom. The minimum atomic E-state index is -0.953. The third kappa shape index (κ3) is 3.13. The van der Waals surface area contributed by atoms with Gasteiger partial charge in [-0.1, -0.05) is 41.4 Å². The Hall–Kier alpha value is -2.37. The van der Waals surface area contributed by atoms with Gasteiger partial charge < -0.3 is 9.72 Å². The summed E-state index contributed by atoms with van der Waals surface area (Å²) in [5, 5.41) is 1.01. The first-order chi connectivity index (χ1) is 11.5. The molecule has 0 radical (unpaired) electrons. The van der Waals surface area contributed by atoms with Crippen molar-refractivity contribution in [1.29, 1.82) is 0 Å². The highest BCUT2D eigenvalue weighted by Gasteiger charge is 2.23. The Labute approximate surface area is 147 Å². The Balaban J connectivity index is 1.78. The van der Waals surface area contributed by atoms with Crippen LogP contribution in [0.15, 0.2) is 42.7 Å². The second-order valence-electron chi connectivity index (χ2n) is 5.16. The quantitative estimate of drug-likeness (QED) is 0.426. The monoisotopic (exact) mass is 362 g/mol. The van der Waals surface area contributed by atoms with Crippen LogP contribution in [-0.2, 0) is 4.74 Å². The van der Waals surface area contributed by atoms with Crippen molar-refractivity contribution < 1.29 is 14.3 Å². The number of aromatic amines is 1. The van der Waals surface area contributed by atoms with Crippen LogP contribution in [0, 0.1) is 0 Å². The summed E-state index contributed by atoms with van der Waals surface area (Å²) in [6, 6.07) is 8.75. The molecule has 122 valence electrons. The number of pyridine rings is 1. The fourth-order valence-corrected chi connectivity index (χ4v) is 2.58. The maximum absolute atomic E-state index is 12.5. The zero-order valence-corrected chi connectivity index (χ0v) is 14.1. The van der Waals surface area contributed by atoms with Crippen LogP contribution < -0.4 is 0 Å². The number of hydrogen-bond acceptors (Lipinski definition) is 4. The van der Waals surface area contributed by atoms with Crippen LogP contribution in [0.1, 0.15) is 27.6 Å². The summed E-state index contributed by atoms with van der Waals surface area (Å²) in [6.07, 6.45) is 1.91. The normalized spacial score (nSPS) is 12.1. The third-order valence-electron chi connectivity index (χ3n) is 3.54. The number of ether oxygens (including phenoxy) is 1. The molecule has 2 aromatic heterocycles. The Kier molecular flexibility index (Phi) is 4.55. The van der Waals surface area contributed by atoms with Gasteiger partial charge in [-0.3, -0.25) is 4.79 Å². The molecule has 24 heavy (non-hydrogen) atoms. The number of aromatic nitrogens is 2. The van der Waals surface area contributed by atoms with Crippen LogP contribution in [0.3, 0.4) is 0 Å². The summed E-state index contributed by atoms with van der Waals surface area (Å²) in [5.74, 6) is -0.990. The van der Waals surface area contributed by atoms with Gasteiger partial charge in [0.15, 0.2) is 6.10 Å². The molecule has 0 aliphatic rings. The average Bonchev–Trinajstić information content (AvgIpc) is 3.00. The van der Waals surface area contributed by atoms with Crippen LogP contribution in [0.2, 0.25) is 10.2 Å². The Morgan fingerprint density at radius 1 is 1.25 bits per heavy atom. The third-order valence-corrected chi connectivity index (χ3v) is 4.23. The van der Waals surface area contributed by atoms with Gasteiger partial charge in [0.2, 0.25) is 5.78 Å². The highest BCUT2D eigenvalue weighted by Crippen LogP contribution is 2.22.